The number of aromatic carboxylic acids is 1. The third kappa shape index (κ3) is 3.94. The van der Waals surface area contributed by atoms with Gasteiger partial charge in [0.1, 0.15) is 6.54 Å². The number of Topliss-reactive ketones (excluding diaryl/α,β-unsaturated/α-hetero) is 1. The molecule has 11 heteroatoms. The highest BCUT2D eigenvalue weighted by Crippen LogP contribution is 2.26. The average molecular weight is 437 g/mol. The molecule has 0 aliphatic carbocycles. The van der Waals surface area contributed by atoms with Crippen LogP contribution < -0.4 is 9.51 Å². The van der Waals surface area contributed by atoms with Gasteiger partial charge in [0.05, 0.1) is 29.2 Å². The van der Waals surface area contributed by atoms with Crippen LogP contribution in [0, 0.1) is 0 Å². The summed E-state index contributed by atoms with van der Waals surface area (Å²) in [5.41, 5.74) is -0.251. The molecule has 0 aromatic carbocycles. The Morgan fingerprint density at radius 1 is 1.41 bits per heavy atom. The van der Waals surface area contributed by atoms with E-state index < -0.39 is 17.6 Å². The van der Waals surface area contributed by atoms with Gasteiger partial charge in [-0.1, -0.05) is 11.6 Å². The lowest BCUT2D eigenvalue weighted by atomic mass is 10.2. The second kappa shape index (κ2) is 8.18. The predicted octanol–water partition coefficient (Wildman–Crippen LogP) is 0.505. The molecule has 0 radical (unpaired) electrons. The minimum atomic E-state index is -1.46. The minimum absolute atomic E-state index is 0.0431. The number of aromatic hydroxyl groups is 1. The molecule has 3 aromatic rings. The van der Waals surface area contributed by atoms with Crippen LogP contribution in [0.2, 0.25) is 4.47 Å². The monoisotopic (exact) mass is 436 g/mol. The lowest BCUT2D eigenvalue weighted by Gasteiger charge is -2.16. The molecule has 9 nitrogen and oxygen atoms in total. The van der Waals surface area contributed by atoms with Gasteiger partial charge in [-0.05, 0) is 19.1 Å². The van der Waals surface area contributed by atoms with E-state index in [9.17, 15) is 24.6 Å². The van der Waals surface area contributed by atoms with E-state index in [2.05, 4.69) is 4.98 Å². The van der Waals surface area contributed by atoms with Crippen molar-refractivity contribution in [1.29, 1.82) is 0 Å². The van der Waals surface area contributed by atoms with Crippen molar-refractivity contribution in [1.82, 2.24) is 14.5 Å². The molecule has 0 unspecified atom stereocenters. The molecule has 0 spiro atoms. The largest absolute Gasteiger partial charge is 0.544 e. The third-order valence-electron chi connectivity index (χ3n) is 4.42. The second-order valence-corrected chi connectivity index (χ2v) is 7.89. The van der Waals surface area contributed by atoms with Crippen LogP contribution in [0.1, 0.15) is 39.6 Å². The number of imidazole rings is 1. The maximum absolute atomic E-state index is 12.9. The molecular formula is C18H17ClN4O5S. The molecule has 3 heterocycles. The van der Waals surface area contributed by atoms with Gasteiger partial charge in [-0.2, -0.15) is 8.97 Å². The molecule has 0 saturated heterocycles. The highest BCUT2D eigenvalue weighted by Gasteiger charge is 2.33. The number of carboxylic acid groups (broad SMARTS) is 1. The third-order valence-corrected chi connectivity index (χ3v) is 5.52. The standard InChI is InChI=1S/C18H17ClN4O5S/c1-3-21(10(2)24)9-13(25)14-16(26)23(8-11-7-20-18(19)29-11)15-12(17(27)28)5-4-6-22(14)15/h4-7H,3,8-9H2,1-2H3,(H-,25,26,27,28). The number of carbonyl (C=O) groups is 3. The first kappa shape index (κ1) is 20.7. The summed E-state index contributed by atoms with van der Waals surface area (Å²) in [5.74, 6) is -2.70. The normalized spacial score (nSPS) is 11.0. The number of aromatic nitrogens is 3. The summed E-state index contributed by atoms with van der Waals surface area (Å²) in [6, 6.07) is 2.76. The van der Waals surface area contributed by atoms with Crippen LogP contribution in [0.3, 0.4) is 0 Å². The number of thiazole rings is 1. The van der Waals surface area contributed by atoms with Crippen molar-refractivity contribution in [2.45, 2.75) is 20.4 Å². The fraction of sp³-hybridized carbons (Fsp3) is 0.278. The van der Waals surface area contributed by atoms with Gasteiger partial charge in [0.25, 0.3) is 11.3 Å². The van der Waals surface area contributed by atoms with Crippen LogP contribution in [-0.2, 0) is 11.3 Å². The Hall–Kier alpha value is -2.98. The van der Waals surface area contributed by atoms with Gasteiger partial charge >= 0.3 is 5.88 Å². The lowest BCUT2D eigenvalue weighted by Crippen LogP contribution is -2.38. The Morgan fingerprint density at radius 2 is 2.14 bits per heavy atom. The summed E-state index contributed by atoms with van der Waals surface area (Å²) >= 11 is 7.02. The second-order valence-electron chi connectivity index (χ2n) is 6.20. The number of nitrogens with zero attached hydrogens (tertiary/aromatic N) is 4. The zero-order valence-electron chi connectivity index (χ0n) is 15.6. The van der Waals surface area contributed by atoms with E-state index in [1.165, 1.54) is 45.3 Å². The van der Waals surface area contributed by atoms with Crippen molar-refractivity contribution < 1.29 is 29.0 Å². The summed E-state index contributed by atoms with van der Waals surface area (Å²) in [5, 5.41) is 22.5. The molecule has 0 aliphatic heterocycles. The number of halogens is 1. The fourth-order valence-electron chi connectivity index (χ4n) is 3.07. The maximum Gasteiger partial charge on any atom is 0.335 e. The molecule has 0 aliphatic rings. The highest BCUT2D eigenvalue weighted by molar-refractivity contribution is 7.15. The maximum atomic E-state index is 12.9. The number of pyridine rings is 1. The lowest BCUT2D eigenvalue weighted by molar-refractivity contribution is -0.514. The van der Waals surface area contributed by atoms with Crippen LogP contribution in [0.4, 0.5) is 0 Å². The van der Waals surface area contributed by atoms with Crippen molar-refractivity contribution in [3.8, 4) is 5.88 Å². The van der Waals surface area contributed by atoms with E-state index in [0.29, 0.717) is 15.9 Å². The summed E-state index contributed by atoms with van der Waals surface area (Å²) in [7, 11) is 0. The molecule has 0 atom stereocenters. The first-order valence-corrected chi connectivity index (χ1v) is 9.80. The Labute approximate surface area is 174 Å². The van der Waals surface area contributed by atoms with Crippen LogP contribution in [0.15, 0.2) is 24.5 Å². The first-order chi connectivity index (χ1) is 13.7. The molecular weight excluding hydrogens is 420 g/mol. The summed E-state index contributed by atoms with van der Waals surface area (Å²) in [4.78, 5) is 42.1. The molecule has 29 heavy (non-hydrogen) atoms. The van der Waals surface area contributed by atoms with Crippen LogP contribution >= 0.6 is 22.9 Å². The zero-order valence-corrected chi connectivity index (χ0v) is 17.2. The smallest absolute Gasteiger partial charge is 0.335 e. The van der Waals surface area contributed by atoms with Crippen LogP contribution in [-0.4, -0.2) is 50.3 Å². The van der Waals surface area contributed by atoms with E-state index >= 15 is 0 Å². The first-order valence-electron chi connectivity index (χ1n) is 8.60. The van der Waals surface area contributed by atoms with Gasteiger partial charge in [0, 0.05) is 19.7 Å². The van der Waals surface area contributed by atoms with Gasteiger partial charge < -0.3 is 19.9 Å². The number of carboxylic acids is 1. The van der Waals surface area contributed by atoms with E-state index in [0.717, 1.165) is 11.3 Å². The zero-order chi connectivity index (χ0) is 21.3. The molecule has 0 bridgehead atoms. The average Bonchev–Trinajstić information content (AvgIpc) is 3.20. The number of rotatable bonds is 7. The summed E-state index contributed by atoms with van der Waals surface area (Å²) in [6.45, 7) is 3.17. The number of likely N-dealkylation sites (N-methyl/N-ethyl adjacent to an activating group) is 1. The van der Waals surface area contributed by atoms with Crippen LogP contribution in [0.5, 0.6) is 5.88 Å². The topological polar surface area (TPSA) is 120 Å². The Kier molecular flexibility index (Phi) is 5.85. The van der Waals surface area contributed by atoms with Crippen molar-refractivity contribution >= 4 is 46.2 Å². The molecule has 0 fully saturated rings. The number of hydrogen-bond acceptors (Lipinski definition) is 7. The summed E-state index contributed by atoms with van der Waals surface area (Å²) in [6.07, 6.45) is 2.97. The molecule has 152 valence electrons. The van der Waals surface area contributed by atoms with Crippen LogP contribution in [0.25, 0.3) is 5.65 Å². The SMILES string of the molecule is CCN(CC(=O)c1c(O)n(Cc2cnc(Cl)s2)c2c(C(=O)[O-])ccc[n+]12)C(C)=O. The number of carbonyl (C=O) groups excluding carboxylic acids is 3. The Bertz CT molecular complexity index is 1120. The van der Waals surface area contributed by atoms with Crippen molar-refractivity contribution in [2.75, 3.05) is 13.1 Å². The van der Waals surface area contributed by atoms with Gasteiger partial charge in [-0.15, -0.1) is 11.3 Å². The molecule has 1 amide bonds. The quantitative estimate of drug-likeness (QED) is 0.425. The minimum Gasteiger partial charge on any atom is -0.544 e. The number of fused-ring (bicyclic) bond motifs is 1. The van der Waals surface area contributed by atoms with Gasteiger partial charge in [0.2, 0.25) is 11.7 Å². The van der Waals surface area contributed by atoms with Gasteiger partial charge in [-0.3, -0.25) is 9.59 Å². The highest BCUT2D eigenvalue weighted by atomic mass is 35.5. The van der Waals surface area contributed by atoms with Crippen molar-refractivity contribution in [2.24, 2.45) is 0 Å². The van der Waals surface area contributed by atoms with E-state index in [-0.39, 0.29) is 35.9 Å². The Morgan fingerprint density at radius 3 is 2.69 bits per heavy atom. The Balaban J connectivity index is 2.19. The molecule has 1 N–H and O–H groups in total. The van der Waals surface area contributed by atoms with E-state index in [1.807, 2.05) is 0 Å². The predicted molar refractivity (Wildman–Crippen MR) is 102 cm³/mol. The van der Waals surface area contributed by atoms with E-state index in [4.69, 9.17) is 11.6 Å². The van der Waals surface area contributed by atoms with Gasteiger partial charge in [0.15, 0.2) is 4.47 Å². The molecule has 0 saturated carbocycles. The summed E-state index contributed by atoms with van der Waals surface area (Å²) < 4.78 is 2.87. The van der Waals surface area contributed by atoms with Gasteiger partial charge in [-0.25, -0.2) is 4.98 Å². The number of amides is 1. The number of hydrogen-bond donors (Lipinski definition) is 1. The fourth-order valence-corrected chi connectivity index (χ4v) is 4.03. The molecule has 3 aromatic heterocycles. The van der Waals surface area contributed by atoms with E-state index in [1.54, 1.807) is 6.92 Å². The number of ketones is 1. The van der Waals surface area contributed by atoms with Crippen molar-refractivity contribution in [3.05, 3.63) is 45.1 Å². The van der Waals surface area contributed by atoms with Crippen molar-refractivity contribution in [3.63, 3.8) is 0 Å². The molecule has 3 rings (SSSR count).